The standard InChI is InChI=1S/C20H19FN2O3/c1-25-15-8-10-16-13(11-15)5-9-17-18(16)22-23(20(24)26-2)19(17)12-3-6-14(21)7-4-12/h3-4,6-8,10-11,17,19H,5,9H2,1-2H3/t17-,19+/m0/s1. The Kier molecular flexibility index (Phi) is 4.11. The number of aryl methyl sites for hydroxylation is 1. The molecule has 134 valence electrons. The summed E-state index contributed by atoms with van der Waals surface area (Å²) in [5, 5.41) is 5.98. The molecule has 1 heterocycles. The van der Waals surface area contributed by atoms with Gasteiger partial charge in [0.1, 0.15) is 11.6 Å². The third-order valence-electron chi connectivity index (χ3n) is 5.10. The molecule has 2 aromatic rings. The molecule has 0 radical (unpaired) electrons. The lowest BCUT2D eigenvalue weighted by Crippen LogP contribution is -2.32. The van der Waals surface area contributed by atoms with Crippen molar-refractivity contribution in [3.63, 3.8) is 0 Å². The summed E-state index contributed by atoms with van der Waals surface area (Å²) in [5.74, 6) is 0.541. The fraction of sp³-hybridized carbons (Fsp3) is 0.300. The molecule has 6 heteroatoms. The zero-order chi connectivity index (χ0) is 18.3. The molecule has 0 aromatic heterocycles. The van der Waals surface area contributed by atoms with Crippen LogP contribution in [0.5, 0.6) is 5.75 Å². The highest BCUT2D eigenvalue weighted by Crippen LogP contribution is 2.44. The number of fused-ring (bicyclic) bond motifs is 3. The number of methoxy groups -OCH3 is 2. The van der Waals surface area contributed by atoms with Crippen LogP contribution in [0.3, 0.4) is 0 Å². The Labute approximate surface area is 151 Å². The number of halogens is 1. The lowest BCUT2D eigenvalue weighted by Gasteiger charge is -2.29. The van der Waals surface area contributed by atoms with Crippen LogP contribution in [0.2, 0.25) is 0 Å². The summed E-state index contributed by atoms with van der Waals surface area (Å²) >= 11 is 0. The predicted molar refractivity (Wildman–Crippen MR) is 94.7 cm³/mol. The minimum absolute atomic E-state index is 0.0421. The van der Waals surface area contributed by atoms with E-state index in [2.05, 4.69) is 5.10 Å². The van der Waals surface area contributed by atoms with Crippen LogP contribution in [-0.2, 0) is 11.2 Å². The van der Waals surface area contributed by atoms with Crippen molar-refractivity contribution < 1.29 is 18.7 Å². The summed E-state index contributed by atoms with van der Waals surface area (Å²) in [7, 11) is 2.98. The lowest BCUT2D eigenvalue weighted by atomic mass is 9.77. The number of benzene rings is 2. The number of hydrogen-bond donors (Lipinski definition) is 0. The second-order valence-corrected chi connectivity index (χ2v) is 6.46. The van der Waals surface area contributed by atoms with Crippen LogP contribution in [0, 0.1) is 11.7 Å². The molecule has 0 fully saturated rings. The van der Waals surface area contributed by atoms with Crippen LogP contribution in [0.1, 0.15) is 29.2 Å². The van der Waals surface area contributed by atoms with Gasteiger partial charge in [-0.05, 0) is 54.3 Å². The molecule has 0 saturated heterocycles. The van der Waals surface area contributed by atoms with Gasteiger partial charge in [-0.3, -0.25) is 0 Å². The molecule has 26 heavy (non-hydrogen) atoms. The lowest BCUT2D eigenvalue weighted by molar-refractivity contribution is 0.106. The van der Waals surface area contributed by atoms with Crippen molar-refractivity contribution in [3.05, 3.63) is 65.0 Å². The second kappa shape index (κ2) is 6.44. The number of hydrogen-bond acceptors (Lipinski definition) is 4. The van der Waals surface area contributed by atoms with E-state index in [1.165, 1.54) is 24.3 Å². The van der Waals surface area contributed by atoms with Gasteiger partial charge in [-0.2, -0.15) is 10.1 Å². The molecule has 0 bridgehead atoms. The molecule has 1 amide bonds. The average Bonchev–Trinajstić information content (AvgIpc) is 3.07. The molecular weight excluding hydrogens is 335 g/mol. The van der Waals surface area contributed by atoms with Gasteiger partial charge in [0.15, 0.2) is 0 Å². The van der Waals surface area contributed by atoms with Gasteiger partial charge in [-0.1, -0.05) is 12.1 Å². The Balaban J connectivity index is 1.78. The van der Waals surface area contributed by atoms with E-state index < -0.39 is 6.09 Å². The van der Waals surface area contributed by atoms with Gasteiger partial charge in [0.25, 0.3) is 0 Å². The van der Waals surface area contributed by atoms with E-state index >= 15 is 0 Å². The maximum atomic E-state index is 13.4. The fourth-order valence-electron chi connectivity index (χ4n) is 3.87. The van der Waals surface area contributed by atoms with Crippen LogP contribution < -0.4 is 4.74 Å². The van der Waals surface area contributed by atoms with Crippen molar-refractivity contribution in [3.8, 4) is 5.75 Å². The van der Waals surface area contributed by atoms with Crippen molar-refractivity contribution in [1.29, 1.82) is 0 Å². The first-order valence-electron chi connectivity index (χ1n) is 8.51. The van der Waals surface area contributed by atoms with E-state index in [1.54, 1.807) is 19.2 Å². The van der Waals surface area contributed by atoms with Gasteiger partial charge in [0, 0.05) is 11.5 Å². The zero-order valence-electron chi connectivity index (χ0n) is 14.6. The Bertz CT molecular complexity index is 879. The average molecular weight is 354 g/mol. The third-order valence-corrected chi connectivity index (χ3v) is 5.10. The van der Waals surface area contributed by atoms with E-state index in [-0.39, 0.29) is 17.8 Å². The highest BCUT2D eigenvalue weighted by atomic mass is 19.1. The Morgan fingerprint density at radius 3 is 2.65 bits per heavy atom. The van der Waals surface area contributed by atoms with Crippen LogP contribution in [0.4, 0.5) is 9.18 Å². The molecule has 4 rings (SSSR count). The molecule has 0 saturated carbocycles. The third kappa shape index (κ3) is 2.62. The first kappa shape index (κ1) is 16.6. The maximum Gasteiger partial charge on any atom is 0.430 e. The predicted octanol–water partition coefficient (Wildman–Crippen LogP) is 3.92. The van der Waals surface area contributed by atoms with Crippen molar-refractivity contribution in [1.82, 2.24) is 5.01 Å². The summed E-state index contributed by atoms with van der Waals surface area (Å²) < 4.78 is 23.6. The molecule has 0 unspecified atom stereocenters. The molecule has 2 aromatic carbocycles. The highest BCUT2D eigenvalue weighted by Gasteiger charge is 2.44. The van der Waals surface area contributed by atoms with E-state index in [9.17, 15) is 9.18 Å². The number of rotatable bonds is 2. The van der Waals surface area contributed by atoms with Gasteiger partial charge in [-0.25, -0.2) is 9.18 Å². The summed E-state index contributed by atoms with van der Waals surface area (Å²) in [6.45, 7) is 0. The minimum atomic E-state index is -0.517. The van der Waals surface area contributed by atoms with Crippen LogP contribution in [0.15, 0.2) is 47.6 Å². The fourth-order valence-corrected chi connectivity index (χ4v) is 3.87. The van der Waals surface area contributed by atoms with Gasteiger partial charge in [-0.15, -0.1) is 0 Å². The van der Waals surface area contributed by atoms with E-state index in [4.69, 9.17) is 9.47 Å². The topological polar surface area (TPSA) is 51.1 Å². The Hall–Kier alpha value is -2.89. The van der Waals surface area contributed by atoms with E-state index in [0.717, 1.165) is 41.0 Å². The number of amides is 1. The number of hydrazone groups is 1. The van der Waals surface area contributed by atoms with Crippen LogP contribution in [-0.4, -0.2) is 31.0 Å². The first-order chi connectivity index (χ1) is 12.6. The molecule has 0 N–H and O–H groups in total. The largest absolute Gasteiger partial charge is 0.497 e. The monoisotopic (exact) mass is 354 g/mol. The summed E-state index contributed by atoms with van der Waals surface area (Å²) in [6, 6.07) is 11.8. The normalized spacial score (nSPS) is 20.9. The van der Waals surface area contributed by atoms with E-state index in [0.29, 0.717) is 0 Å². The number of carbonyl (C=O) groups is 1. The van der Waals surface area contributed by atoms with E-state index in [1.807, 2.05) is 18.2 Å². The van der Waals surface area contributed by atoms with Crippen molar-refractivity contribution >= 4 is 11.8 Å². The number of ether oxygens (including phenoxy) is 2. The molecule has 1 aliphatic carbocycles. The number of nitrogens with zero attached hydrogens (tertiary/aromatic N) is 2. The van der Waals surface area contributed by atoms with Gasteiger partial charge >= 0.3 is 6.09 Å². The quantitative estimate of drug-likeness (QED) is 0.821. The van der Waals surface area contributed by atoms with Crippen molar-refractivity contribution in [2.24, 2.45) is 11.0 Å². The van der Waals surface area contributed by atoms with Gasteiger partial charge < -0.3 is 9.47 Å². The van der Waals surface area contributed by atoms with Crippen molar-refractivity contribution in [2.45, 2.75) is 18.9 Å². The highest BCUT2D eigenvalue weighted by molar-refractivity contribution is 6.06. The minimum Gasteiger partial charge on any atom is -0.497 e. The molecule has 5 nitrogen and oxygen atoms in total. The number of carbonyl (C=O) groups excluding carboxylic acids is 1. The van der Waals surface area contributed by atoms with Gasteiger partial charge in [0.05, 0.1) is 26.0 Å². The Morgan fingerprint density at radius 2 is 1.96 bits per heavy atom. The van der Waals surface area contributed by atoms with Crippen molar-refractivity contribution in [2.75, 3.05) is 14.2 Å². The SMILES string of the molecule is COC(=O)N1N=C2c3ccc(OC)cc3CC[C@@H]2[C@H]1c1ccc(F)cc1. The molecule has 2 atom stereocenters. The summed E-state index contributed by atoms with van der Waals surface area (Å²) in [4.78, 5) is 12.3. The smallest absolute Gasteiger partial charge is 0.430 e. The molecule has 1 aliphatic heterocycles. The molecule has 0 spiro atoms. The summed E-state index contributed by atoms with van der Waals surface area (Å²) in [5.41, 5.74) is 3.90. The van der Waals surface area contributed by atoms with Gasteiger partial charge in [0.2, 0.25) is 0 Å². The second-order valence-electron chi connectivity index (χ2n) is 6.46. The Morgan fingerprint density at radius 1 is 1.19 bits per heavy atom. The van der Waals surface area contributed by atoms with Crippen LogP contribution in [0.25, 0.3) is 0 Å². The first-order valence-corrected chi connectivity index (χ1v) is 8.51. The zero-order valence-corrected chi connectivity index (χ0v) is 14.6. The molecule has 2 aliphatic rings. The molecular formula is C20H19FN2O3. The summed E-state index contributed by atoms with van der Waals surface area (Å²) in [6.07, 6.45) is 1.19. The van der Waals surface area contributed by atoms with Crippen LogP contribution >= 0.6 is 0 Å². The maximum absolute atomic E-state index is 13.4.